The molecule has 1 amide bonds. The summed E-state index contributed by atoms with van der Waals surface area (Å²) >= 11 is 0. The number of aromatic nitrogens is 1. The molecule has 1 atom stereocenters. The summed E-state index contributed by atoms with van der Waals surface area (Å²) in [6.07, 6.45) is 1.33. The molecule has 2 heterocycles. The van der Waals surface area contributed by atoms with Crippen molar-refractivity contribution in [2.75, 3.05) is 33.7 Å². The van der Waals surface area contributed by atoms with Gasteiger partial charge in [-0.2, -0.15) is 0 Å². The van der Waals surface area contributed by atoms with Crippen LogP contribution in [0.1, 0.15) is 30.2 Å². The van der Waals surface area contributed by atoms with Gasteiger partial charge < -0.3 is 20.1 Å². The molecule has 1 aliphatic rings. The number of piperazine rings is 1. The van der Waals surface area contributed by atoms with Gasteiger partial charge in [0.15, 0.2) is 0 Å². The van der Waals surface area contributed by atoms with E-state index in [2.05, 4.69) is 41.1 Å². The highest BCUT2D eigenvalue weighted by atomic mass is 19.1. The first kappa shape index (κ1) is 18.9. The molecule has 2 N–H and O–H groups in total. The molecule has 5 nitrogen and oxygen atoms in total. The number of aryl methyl sites for hydroxylation is 2. The molecule has 142 valence electrons. The first-order valence-corrected chi connectivity index (χ1v) is 9.34. The third-order valence-electron chi connectivity index (χ3n) is 5.55. The third-order valence-corrected chi connectivity index (χ3v) is 5.55. The third kappa shape index (κ3) is 3.91. The molecule has 26 heavy (non-hydrogen) atoms. The van der Waals surface area contributed by atoms with Crippen LogP contribution in [0.2, 0.25) is 0 Å². The van der Waals surface area contributed by atoms with E-state index in [0.29, 0.717) is 13.0 Å². The van der Waals surface area contributed by atoms with Crippen LogP contribution in [0, 0.1) is 12.7 Å². The van der Waals surface area contributed by atoms with Gasteiger partial charge in [-0.25, -0.2) is 4.39 Å². The minimum absolute atomic E-state index is 0.00792. The summed E-state index contributed by atoms with van der Waals surface area (Å²) < 4.78 is 14.0. The summed E-state index contributed by atoms with van der Waals surface area (Å²) in [5.74, 6) is -0.256. The maximum Gasteiger partial charge on any atom is 0.221 e. The van der Waals surface area contributed by atoms with E-state index in [4.69, 9.17) is 0 Å². The number of nitrogens with one attached hydrogen (secondary N) is 2. The molecule has 1 aliphatic heterocycles. The molecule has 0 aliphatic carbocycles. The number of fused-ring (bicyclic) bond motifs is 1. The van der Waals surface area contributed by atoms with Gasteiger partial charge in [0.05, 0.1) is 5.52 Å². The van der Waals surface area contributed by atoms with Crippen molar-refractivity contribution in [2.24, 2.45) is 0 Å². The molecule has 0 bridgehead atoms. The number of hydrogen-bond acceptors (Lipinski definition) is 3. The normalized spacial score (nSPS) is 19.2. The van der Waals surface area contributed by atoms with Crippen molar-refractivity contribution in [3.05, 3.63) is 34.8 Å². The number of benzene rings is 1. The Morgan fingerprint density at radius 1 is 1.35 bits per heavy atom. The average Bonchev–Trinajstić information content (AvgIpc) is 2.92. The Bertz CT molecular complexity index is 801. The van der Waals surface area contributed by atoms with E-state index in [1.807, 2.05) is 6.92 Å². The maximum absolute atomic E-state index is 14.0. The monoisotopic (exact) mass is 360 g/mol. The molecule has 1 fully saturated rings. The molecular formula is C20H29FN4O. The largest absolute Gasteiger partial charge is 0.358 e. The zero-order valence-corrected chi connectivity index (χ0v) is 16.2. The lowest BCUT2D eigenvalue weighted by Crippen LogP contribution is -2.51. The number of aromatic amines is 1. The Kier molecular flexibility index (Phi) is 5.63. The predicted molar refractivity (Wildman–Crippen MR) is 103 cm³/mol. The lowest BCUT2D eigenvalue weighted by molar-refractivity contribution is -0.122. The van der Waals surface area contributed by atoms with Gasteiger partial charge in [0.25, 0.3) is 0 Å². The summed E-state index contributed by atoms with van der Waals surface area (Å²) in [5.41, 5.74) is 3.92. The summed E-state index contributed by atoms with van der Waals surface area (Å²) in [6, 6.07) is 3.30. The summed E-state index contributed by atoms with van der Waals surface area (Å²) in [5, 5.41) is 3.88. The van der Waals surface area contributed by atoms with Crippen LogP contribution in [-0.2, 0) is 17.8 Å². The van der Waals surface area contributed by atoms with E-state index in [0.717, 1.165) is 53.8 Å². The van der Waals surface area contributed by atoms with Gasteiger partial charge in [-0.1, -0.05) is 6.92 Å². The predicted octanol–water partition coefficient (Wildman–Crippen LogP) is 2.43. The molecule has 3 rings (SSSR count). The SMILES string of the molecule is CCc1[nH]c2c(CNC(=O)C[C@H]3CN(C)CCN3C)cc(F)cc2c1C. The second-order valence-electron chi connectivity index (χ2n) is 7.45. The Balaban J connectivity index is 1.70. The summed E-state index contributed by atoms with van der Waals surface area (Å²) in [6.45, 7) is 7.32. The van der Waals surface area contributed by atoms with Gasteiger partial charge >= 0.3 is 0 Å². The van der Waals surface area contributed by atoms with Crippen molar-refractivity contribution in [3.8, 4) is 0 Å². The highest BCUT2D eigenvalue weighted by molar-refractivity contribution is 5.87. The molecular weight excluding hydrogens is 331 g/mol. The van der Waals surface area contributed by atoms with Gasteiger partial charge in [-0.15, -0.1) is 0 Å². The van der Waals surface area contributed by atoms with Crippen molar-refractivity contribution in [3.63, 3.8) is 0 Å². The smallest absolute Gasteiger partial charge is 0.221 e. The number of hydrogen-bond donors (Lipinski definition) is 2. The highest BCUT2D eigenvalue weighted by Gasteiger charge is 2.24. The van der Waals surface area contributed by atoms with Crippen LogP contribution >= 0.6 is 0 Å². The Morgan fingerprint density at radius 3 is 2.85 bits per heavy atom. The fourth-order valence-corrected chi connectivity index (χ4v) is 3.81. The lowest BCUT2D eigenvalue weighted by atomic mass is 10.1. The number of carbonyl (C=O) groups is 1. The molecule has 2 aromatic rings. The number of halogens is 1. The van der Waals surface area contributed by atoms with Gasteiger partial charge in [-0.3, -0.25) is 4.79 Å². The quantitative estimate of drug-likeness (QED) is 0.861. The van der Waals surface area contributed by atoms with E-state index in [1.54, 1.807) is 6.07 Å². The zero-order valence-electron chi connectivity index (χ0n) is 16.2. The number of nitrogens with zero attached hydrogens (tertiary/aromatic N) is 2. The molecule has 0 spiro atoms. The van der Waals surface area contributed by atoms with Gasteiger partial charge in [0.2, 0.25) is 5.91 Å². The molecule has 0 unspecified atom stereocenters. The molecule has 0 radical (unpaired) electrons. The van der Waals surface area contributed by atoms with Crippen molar-refractivity contribution in [1.29, 1.82) is 0 Å². The van der Waals surface area contributed by atoms with Crippen LogP contribution < -0.4 is 5.32 Å². The van der Waals surface area contributed by atoms with Crippen LogP contribution in [0.3, 0.4) is 0 Å². The van der Waals surface area contributed by atoms with Crippen LogP contribution in [0.4, 0.5) is 4.39 Å². The molecule has 6 heteroatoms. The summed E-state index contributed by atoms with van der Waals surface area (Å²) in [4.78, 5) is 20.3. The van der Waals surface area contributed by atoms with E-state index in [1.165, 1.54) is 6.07 Å². The van der Waals surface area contributed by atoms with Crippen molar-refractivity contribution >= 4 is 16.8 Å². The topological polar surface area (TPSA) is 51.4 Å². The van der Waals surface area contributed by atoms with Crippen molar-refractivity contribution in [2.45, 2.75) is 39.3 Å². The fourth-order valence-electron chi connectivity index (χ4n) is 3.81. The van der Waals surface area contributed by atoms with Gasteiger partial charge in [0, 0.05) is 49.7 Å². The maximum atomic E-state index is 14.0. The van der Waals surface area contributed by atoms with Crippen LogP contribution in [0.15, 0.2) is 12.1 Å². The Morgan fingerprint density at radius 2 is 2.12 bits per heavy atom. The number of carbonyl (C=O) groups excluding carboxylic acids is 1. The van der Waals surface area contributed by atoms with Crippen LogP contribution in [-0.4, -0.2) is 60.5 Å². The van der Waals surface area contributed by atoms with Crippen molar-refractivity contribution in [1.82, 2.24) is 20.1 Å². The molecule has 1 saturated heterocycles. The number of amides is 1. The summed E-state index contributed by atoms with van der Waals surface area (Å²) in [7, 11) is 4.15. The number of rotatable bonds is 5. The molecule has 1 aromatic heterocycles. The fraction of sp³-hybridized carbons (Fsp3) is 0.550. The first-order chi connectivity index (χ1) is 12.4. The van der Waals surface area contributed by atoms with Gasteiger partial charge in [-0.05, 0) is 50.7 Å². The second kappa shape index (κ2) is 7.76. The highest BCUT2D eigenvalue weighted by Crippen LogP contribution is 2.26. The first-order valence-electron chi connectivity index (χ1n) is 9.34. The average molecular weight is 360 g/mol. The van der Waals surface area contributed by atoms with E-state index >= 15 is 0 Å². The minimum Gasteiger partial charge on any atom is -0.358 e. The molecule has 0 saturated carbocycles. The van der Waals surface area contributed by atoms with E-state index < -0.39 is 0 Å². The Labute approximate surface area is 154 Å². The van der Waals surface area contributed by atoms with E-state index in [9.17, 15) is 9.18 Å². The standard InChI is InChI=1S/C20H29FN4O/c1-5-18-13(2)17-9-15(21)8-14(20(17)23-18)11-22-19(26)10-16-12-24(3)6-7-25(16)4/h8-9,16,23H,5-7,10-12H2,1-4H3,(H,22,26)/t16-/m0/s1. The number of likely N-dealkylation sites (N-methyl/N-ethyl adjacent to an activating group) is 2. The zero-order chi connectivity index (χ0) is 18.8. The van der Waals surface area contributed by atoms with Crippen LogP contribution in [0.5, 0.6) is 0 Å². The lowest BCUT2D eigenvalue weighted by Gasteiger charge is -2.37. The molecule has 1 aromatic carbocycles. The van der Waals surface area contributed by atoms with E-state index in [-0.39, 0.29) is 17.8 Å². The van der Waals surface area contributed by atoms with Crippen LogP contribution in [0.25, 0.3) is 10.9 Å². The van der Waals surface area contributed by atoms with Gasteiger partial charge in [0.1, 0.15) is 5.82 Å². The second-order valence-corrected chi connectivity index (χ2v) is 7.45. The number of H-pyrrole nitrogens is 1. The Hall–Kier alpha value is -1.92. The van der Waals surface area contributed by atoms with Crippen molar-refractivity contribution < 1.29 is 9.18 Å². The minimum atomic E-state index is -0.264.